The third-order valence-corrected chi connectivity index (χ3v) is 4.80. The van der Waals surface area contributed by atoms with Crippen molar-refractivity contribution in [3.8, 4) is 0 Å². The van der Waals surface area contributed by atoms with Crippen LogP contribution in [0.25, 0.3) is 0 Å². The van der Waals surface area contributed by atoms with Crippen molar-refractivity contribution in [2.45, 2.75) is 57.5 Å². The fourth-order valence-corrected chi connectivity index (χ4v) is 3.18. The first-order valence-corrected chi connectivity index (χ1v) is 7.97. The summed E-state index contributed by atoms with van der Waals surface area (Å²) in [5.74, 6) is -2.40. The van der Waals surface area contributed by atoms with Crippen LogP contribution in [0.4, 0.5) is 4.79 Å². The van der Waals surface area contributed by atoms with Gasteiger partial charge in [-0.2, -0.15) is 0 Å². The molecule has 0 unspecified atom stereocenters. The molecule has 2 atom stereocenters. The molecule has 128 valence electrons. The van der Waals surface area contributed by atoms with Crippen LogP contribution in [0.1, 0.15) is 46.0 Å². The number of carboxylic acids is 1. The minimum absolute atomic E-state index is 0.249. The van der Waals surface area contributed by atoms with Crippen molar-refractivity contribution in [2.75, 3.05) is 6.54 Å². The molecule has 0 bridgehead atoms. The summed E-state index contributed by atoms with van der Waals surface area (Å²) >= 11 is 0. The number of carboxylic acid groups (broad SMARTS) is 1. The molecule has 4 amide bonds. The first-order valence-electron chi connectivity index (χ1n) is 7.97. The number of nitrogens with zero attached hydrogens (tertiary/aromatic N) is 1. The zero-order valence-corrected chi connectivity index (χ0v) is 13.4. The highest BCUT2D eigenvalue weighted by Gasteiger charge is 2.52. The van der Waals surface area contributed by atoms with Gasteiger partial charge in [0.1, 0.15) is 18.1 Å². The van der Waals surface area contributed by atoms with Gasteiger partial charge in [-0.25, -0.2) is 9.59 Å². The smallest absolute Gasteiger partial charge is 0.326 e. The van der Waals surface area contributed by atoms with Crippen molar-refractivity contribution in [2.24, 2.45) is 5.92 Å². The van der Waals surface area contributed by atoms with Gasteiger partial charge in [0.05, 0.1) is 0 Å². The van der Waals surface area contributed by atoms with Crippen molar-refractivity contribution >= 4 is 23.8 Å². The molecule has 2 fully saturated rings. The summed E-state index contributed by atoms with van der Waals surface area (Å²) in [4.78, 5) is 48.6. The summed E-state index contributed by atoms with van der Waals surface area (Å²) in [5.41, 5.74) is -0.861. The van der Waals surface area contributed by atoms with E-state index < -0.39 is 36.0 Å². The van der Waals surface area contributed by atoms with Crippen molar-refractivity contribution in [3.05, 3.63) is 0 Å². The lowest BCUT2D eigenvalue weighted by atomic mass is 9.98. The van der Waals surface area contributed by atoms with Crippen molar-refractivity contribution in [1.29, 1.82) is 0 Å². The number of carbonyl (C=O) groups excluding carboxylic acids is 3. The number of hydrogen-bond donors (Lipinski definition) is 3. The lowest BCUT2D eigenvalue weighted by Gasteiger charge is -2.22. The molecule has 1 spiro atoms. The monoisotopic (exact) mass is 325 g/mol. The van der Waals surface area contributed by atoms with E-state index >= 15 is 0 Å². The minimum Gasteiger partial charge on any atom is -0.480 e. The van der Waals surface area contributed by atoms with Gasteiger partial charge in [-0.1, -0.05) is 33.1 Å². The Bertz CT molecular complexity index is 527. The maximum absolute atomic E-state index is 12.4. The lowest BCUT2D eigenvalue weighted by Crippen LogP contribution is -2.50. The number of amides is 4. The Kier molecular flexibility index (Phi) is 4.91. The lowest BCUT2D eigenvalue weighted by molar-refractivity contribution is -0.143. The topological polar surface area (TPSA) is 116 Å². The Hall–Kier alpha value is -2.12. The number of imide groups is 1. The summed E-state index contributed by atoms with van der Waals surface area (Å²) < 4.78 is 0. The first-order chi connectivity index (χ1) is 10.8. The van der Waals surface area contributed by atoms with E-state index in [1.807, 2.05) is 6.92 Å². The number of rotatable bonds is 6. The highest BCUT2D eigenvalue weighted by molar-refractivity contribution is 6.09. The fourth-order valence-electron chi connectivity index (χ4n) is 3.18. The quantitative estimate of drug-likeness (QED) is 0.614. The molecule has 0 radical (unpaired) electrons. The van der Waals surface area contributed by atoms with Gasteiger partial charge >= 0.3 is 12.0 Å². The molecular formula is C15H23N3O5. The molecule has 1 heterocycles. The van der Waals surface area contributed by atoms with Crippen molar-refractivity contribution < 1.29 is 24.3 Å². The first kappa shape index (κ1) is 17.2. The van der Waals surface area contributed by atoms with Crippen LogP contribution >= 0.6 is 0 Å². The number of carbonyl (C=O) groups is 4. The predicted octanol–water partition coefficient (Wildman–Crippen LogP) is 0.467. The van der Waals surface area contributed by atoms with Gasteiger partial charge in [0.2, 0.25) is 5.91 Å². The number of nitrogens with one attached hydrogen (secondary N) is 2. The van der Waals surface area contributed by atoms with E-state index in [0.29, 0.717) is 19.3 Å². The standard InChI is InChI=1S/C15H23N3O5/c1-3-9(2)11(12(20)21)16-10(19)8-18-13(22)15(17-14(18)23)6-4-5-7-15/h9,11H,3-8H2,1-2H3,(H,16,19)(H,17,23)(H,20,21)/t9-,11-/m0/s1. The van der Waals surface area contributed by atoms with Gasteiger partial charge in [0, 0.05) is 0 Å². The van der Waals surface area contributed by atoms with Crippen LogP contribution in [0.2, 0.25) is 0 Å². The molecule has 1 aliphatic heterocycles. The summed E-state index contributed by atoms with van der Waals surface area (Å²) in [6.45, 7) is 3.10. The Morgan fingerprint density at radius 3 is 2.48 bits per heavy atom. The second-order valence-corrected chi connectivity index (χ2v) is 6.38. The molecular weight excluding hydrogens is 302 g/mol. The minimum atomic E-state index is -1.13. The Morgan fingerprint density at radius 1 is 1.35 bits per heavy atom. The molecule has 8 nitrogen and oxygen atoms in total. The fraction of sp³-hybridized carbons (Fsp3) is 0.733. The van der Waals surface area contributed by atoms with Crippen LogP contribution in [-0.4, -0.2) is 51.9 Å². The highest BCUT2D eigenvalue weighted by atomic mass is 16.4. The molecule has 0 aromatic carbocycles. The van der Waals surface area contributed by atoms with Gasteiger partial charge in [-0.05, 0) is 18.8 Å². The number of hydrogen-bond acceptors (Lipinski definition) is 4. The molecule has 23 heavy (non-hydrogen) atoms. The zero-order chi connectivity index (χ0) is 17.2. The van der Waals surface area contributed by atoms with E-state index in [1.54, 1.807) is 6.92 Å². The molecule has 1 aliphatic carbocycles. The maximum Gasteiger partial charge on any atom is 0.326 e. The van der Waals surface area contributed by atoms with Crippen LogP contribution in [0.5, 0.6) is 0 Å². The van der Waals surface area contributed by atoms with Crippen LogP contribution in [-0.2, 0) is 14.4 Å². The van der Waals surface area contributed by atoms with Crippen molar-refractivity contribution in [3.63, 3.8) is 0 Å². The highest BCUT2D eigenvalue weighted by Crippen LogP contribution is 2.34. The van der Waals surface area contributed by atoms with Crippen LogP contribution < -0.4 is 10.6 Å². The Balaban J connectivity index is 2.01. The van der Waals surface area contributed by atoms with E-state index in [-0.39, 0.29) is 11.8 Å². The normalized spacial score (nSPS) is 22.1. The summed E-state index contributed by atoms with van der Waals surface area (Å²) in [6.07, 6.45) is 3.48. The molecule has 2 aliphatic rings. The van der Waals surface area contributed by atoms with E-state index in [4.69, 9.17) is 0 Å². The van der Waals surface area contributed by atoms with Gasteiger partial charge < -0.3 is 15.7 Å². The molecule has 0 aromatic heterocycles. The van der Waals surface area contributed by atoms with Crippen LogP contribution in [0.3, 0.4) is 0 Å². The second kappa shape index (κ2) is 6.55. The maximum atomic E-state index is 12.4. The van der Waals surface area contributed by atoms with E-state index in [2.05, 4.69) is 10.6 Å². The van der Waals surface area contributed by atoms with E-state index in [1.165, 1.54) is 0 Å². The Labute approximate surface area is 134 Å². The average molecular weight is 325 g/mol. The third kappa shape index (κ3) is 3.30. The average Bonchev–Trinajstić information content (AvgIpc) is 3.05. The van der Waals surface area contributed by atoms with Crippen LogP contribution in [0.15, 0.2) is 0 Å². The van der Waals surface area contributed by atoms with Gasteiger partial charge in [0.25, 0.3) is 5.91 Å². The molecule has 1 saturated heterocycles. The van der Waals surface area contributed by atoms with E-state index in [9.17, 15) is 24.3 Å². The van der Waals surface area contributed by atoms with Gasteiger partial charge in [0.15, 0.2) is 0 Å². The predicted molar refractivity (Wildman–Crippen MR) is 80.5 cm³/mol. The molecule has 0 aromatic rings. The molecule has 8 heteroatoms. The zero-order valence-electron chi connectivity index (χ0n) is 13.4. The Morgan fingerprint density at radius 2 is 1.96 bits per heavy atom. The van der Waals surface area contributed by atoms with E-state index in [0.717, 1.165) is 17.7 Å². The molecule has 3 N–H and O–H groups in total. The molecule has 2 rings (SSSR count). The third-order valence-electron chi connectivity index (χ3n) is 4.80. The van der Waals surface area contributed by atoms with Gasteiger partial charge in [-0.15, -0.1) is 0 Å². The largest absolute Gasteiger partial charge is 0.480 e. The van der Waals surface area contributed by atoms with Crippen molar-refractivity contribution in [1.82, 2.24) is 15.5 Å². The summed E-state index contributed by atoms with van der Waals surface area (Å²) in [7, 11) is 0. The molecule has 1 saturated carbocycles. The summed E-state index contributed by atoms with van der Waals surface area (Å²) in [5, 5.41) is 14.3. The number of aliphatic carboxylic acids is 1. The number of urea groups is 1. The van der Waals surface area contributed by atoms with Gasteiger partial charge in [-0.3, -0.25) is 14.5 Å². The van der Waals surface area contributed by atoms with Crippen LogP contribution in [0, 0.1) is 5.92 Å². The second-order valence-electron chi connectivity index (χ2n) is 6.38. The SMILES string of the molecule is CC[C@H](C)[C@H](NC(=O)CN1C(=O)NC2(CCCC2)C1=O)C(=O)O. The summed E-state index contributed by atoms with van der Waals surface area (Å²) in [6, 6.07) is -1.61.